The summed E-state index contributed by atoms with van der Waals surface area (Å²) >= 11 is 6.55. The standard InChI is InChI=1S/C24H18ClN3O/c25-24-16(14-26)7-6-11-19(24)20(13-23(29)28-17-8-2-1-3-9-17)21-15-27-22-12-5-4-10-18(21)22/h1-12,15,20,27H,13H2,(H,28,29). The lowest BCUT2D eigenvalue weighted by Gasteiger charge is -2.19. The van der Waals surface area contributed by atoms with Crippen molar-refractivity contribution in [2.24, 2.45) is 0 Å². The number of aromatic nitrogens is 1. The van der Waals surface area contributed by atoms with E-state index in [4.69, 9.17) is 11.6 Å². The Hall–Kier alpha value is -3.55. The van der Waals surface area contributed by atoms with Crippen LogP contribution in [0.15, 0.2) is 79.0 Å². The number of para-hydroxylation sites is 2. The van der Waals surface area contributed by atoms with Gasteiger partial charge in [-0.3, -0.25) is 4.79 Å². The van der Waals surface area contributed by atoms with Gasteiger partial charge in [0.2, 0.25) is 5.91 Å². The van der Waals surface area contributed by atoms with E-state index in [1.807, 2.05) is 66.9 Å². The van der Waals surface area contributed by atoms with Crippen LogP contribution in [0.1, 0.15) is 29.0 Å². The summed E-state index contributed by atoms with van der Waals surface area (Å²) in [5, 5.41) is 13.7. The van der Waals surface area contributed by atoms with Crippen LogP contribution in [0, 0.1) is 11.3 Å². The fourth-order valence-corrected chi connectivity index (χ4v) is 3.89. The Kier molecular flexibility index (Phi) is 5.33. The van der Waals surface area contributed by atoms with Crippen LogP contribution in [0.5, 0.6) is 0 Å². The molecule has 0 aliphatic heterocycles. The van der Waals surface area contributed by atoms with Crippen LogP contribution in [0.4, 0.5) is 5.69 Å². The molecular weight excluding hydrogens is 382 g/mol. The van der Waals surface area contributed by atoms with Gasteiger partial charge in [-0.15, -0.1) is 0 Å². The van der Waals surface area contributed by atoms with Crippen molar-refractivity contribution in [3.63, 3.8) is 0 Å². The van der Waals surface area contributed by atoms with Gasteiger partial charge in [-0.05, 0) is 35.4 Å². The number of H-pyrrole nitrogens is 1. The minimum atomic E-state index is -0.296. The molecule has 1 heterocycles. The van der Waals surface area contributed by atoms with Crippen LogP contribution < -0.4 is 5.32 Å². The molecule has 0 bridgehead atoms. The molecule has 1 atom stereocenters. The van der Waals surface area contributed by atoms with E-state index in [0.29, 0.717) is 10.6 Å². The molecule has 1 amide bonds. The van der Waals surface area contributed by atoms with E-state index in [9.17, 15) is 10.1 Å². The lowest BCUT2D eigenvalue weighted by molar-refractivity contribution is -0.116. The Balaban J connectivity index is 1.76. The number of nitriles is 1. The summed E-state index contributed by atoms with van der Waals surface area (Å²) < 4.78 is 0. The van der Waals surface area contributed by atoms with Crippen molar-refractivity contribution in [3.8, 4) is 6.07 Å². The van der Waals surface area contributed by atoms with Crippen molar-refractivity contribution in [2.75, 3.05) is 5.32 Å². The maximum Gasteiger partial charge on any atom is 0.225 e. The van der Waals surface area contributed by atoms with E-state index in [1.165, 1.54) is 0 Å². The molecule has 0 radical (unpaired) electrons. The lowest BCUT2D eigenvalue weighted by Crippen LogP contribution is -2.16. The van der Waals surface area contributed by atoms with Crippen LogP contribution in [-0.4, -0.2) is 10.9 Å². The molecule has 4 rings (SSSR count). The Morgan fingerprint density at radius 2 is 1.76 bits per heavy atom. The number of halogens is 1. The van der Waals surface area contributed by atoms with Crippen molar-refractivity contribution in [1.82, 2.24) is 4.98 Å². The highest BCUT2D eigenvalue weighted by molar-refractivity contribution is 6.32. The van der Waals surface area contributed by atoms with Crippen molar-refractivity contribution < 1.29 is 4.79 Å². The third-order valence-electron chi connectivity index (χ3n) is 4.97. The van der Waals surface area contributed by atoms with Crippen LogP contribution in [0.2, 0.25) is 5.02 Å². The molecule has 1 aromatic heterocycles. The minimum absolute atomic E-state index is 0.120. The van der Waals surface area contributed by atoms with Crippen molar-refractivity contribution in [1.29, 1.82) is 5.26 Å². The molecule has 3 aromatic carbocycles. The van der Waals surface area contributed by atoms with E-state index in [2.05, 4.69) is 16.4 Å². The second-order valence-electron chi connectivity index (χ2n) is 6.78. The summed E-state index contributed by atoms with van der Waals surface area (Å²) in [5.74, 6) is -0.416. The number of hydrogen-bond donors (Lipinski definition) is 2. The molecule has 0 saturated carbocycles. The maximum absolute atomic E-state index is 12.9. The Morgan fingerprint density at radius 1 is 1.00 bits per heavy atom. The number of fused-ring (bicyclic) bond motifs is 1. The summed E-state index contributed by atoms with van der Waals surface area (Å²) in [6.45, 7) is 0. The number of amides is 1. The van der Waals surface area contributed by atoms with Crippen LogP contribution in [0.3, 0.4) is 0 Å². The van der Waals surface area contributed by atoms with Crippen LogP contribution >= 0.6 is 11.6 Å². The zero-order valence-electron chi connectivity index (χ0n) is 15.5. The number of hydrogen-bond acceptors (Lipinski definition) is 2. The number of benzene rings is 3. The molecular formula is C24H18ClN3O. The first-order valence-corrected chi connectivity index (χ1v) is 9.64. The highest BCUT2D eigenvalue weighted by atomic mass is 35.5. The molecule has 2 N–H and O–H groups in total. The predicted octanol–water partition coefficient (Wildman–Crippen LogP) is 5.85. The van der Waals surface area contributed by atoms with Gasteiger partial charge in [0.1, 0.15) is 6.07 Å². The van der Waals surface area contributed by atoms with E-state index >= 15 is 0 Å². The lowest BCUT2D eigenvalue weighted by atomic mass is 9.87. The van der Waals surface area contributed by atoms with Gasteiger partial charge in [0, 0.05) is 35.1 Å². The fourth-order valence-electron chi connectivity index (χ4n) is 3.59. The molecule has 142 valence electrons. The first-order chi connectivity index (χ1) is 14.2. The van der Waals surface area contributed by atoms with Crippen LogP contribution in [0.25, 0.3) is 10.9 Å². The fraction of sp³-hybridized carbons (Fsp3) is 0.0833. The third kappa shape index (κ3) is 3.87. The van der Waals surface area contributed by atoms with Gasteiger partial charge in [-0.25, -0.2) is 0 Å². The number of nitrogens with zero attached hydrogens (tertiary/aromatic N) is 1. The van der Waals surface area contributed by atoms with E-state index < -0.39 is 0 Å². The quantitative estimate of drug-likeness (QED) is 0.441. The predicted molar refractivity (Wildman–Crippen MR) is 116 cm³/mol. The monoisotopic (exact) mass is 399 g/mol. The van der Waals surface area contributed by atoms with Crippen LogP contribution in [-0.2, 0) is 4.79 Å². The summed E-state index contributed by atoms with van der Waals surface area (Å²) in [6.07, 6.45) is 2.12. The molecule has 0 saturated heterocycles. The van der Waals surface area contributed by atoms with Gasteiger partial charge in [-0.1, -0.05) is 60.1 Å². The second kappa shape index (κ2) is 8.22. The first-order valence-electron chi connectivity index (χ1n) is 9.27. The smallest absolute Gasteiger partial charge is 0.225 e. The highest BCUT2D eigenvalue weighted by Gasteiger charge is 2.24. The van der Waals surface area contributed by atoms with E-state index in [0.717, 1.165) is 27.7 Å². The third-order valence-corrected chi connectivity index (χ3v) is 5.39. The van der Waals surface area contributed by atoms with Gasteiger partial charge in [-0.2, -0.15) is 5.26 Å². The highest BCUT2D eigenvalue weighted by Crippen LogP contribution is 2.38. The number of rotatable bonds is 5. The van der Waals surface area contributed by atoms with Crippen molar-refractivity contribution in [2.45, 2.75) is 12.3 Å². The zero-order valence-corrected chi connectivity index (χ0v) is 16.3. The summed E-state index contributed by atoms with van der Waals surface area (Å²) in [4.78, 5) is 16.1. The van der Waals surface area contributed by atoms with E-state index in [-0.39, 0.29) is 18.2 Å². The number of nitrogens with one attached hydrogen (secondary N) is 2. The van der Waals surface area contributed by atoms with Gasteiger partial charge >= 0.3 is 0 Å². The van der Waals surface area contributed by atoms with Crippen molar-refractivity contribution >= 4 is 34.1 Å². The number of anilines is 1. The molecule has 0 aliphatic carbocycles. The molecule has 5 heteroatoms. The number of aromatic amines is 1. The molecule has 4 aromatic rings. The summed E-state index contributed by atoms with van der Waals surface area (Å²) in [7, 11) is 0. The molecule has 1 unspecified atom stereocenters. The zero-order chi connectivity index (χ0) is 20.2. The van der Waals surface area contributed by atoms with Gasteiger partial charge < -0.3 is 10.3 Å². The largest absolute Gasteiger partial charge is 0.361 e. The molecule has 0 spiro atoms. The molecule has 0 fully saturated rings. The Labute approximate surface area is 173 Å². The second-order valence-corrected chi connectivity index (χ2v) is 7.16. The molecule has 0 aliphatic rings. The average Bonchev–Trinajstić information content (AvgIpc) is 3.17. The topological polar surface area (TPSA) is 68.7 Å². The Morgan fingerprint density at radius 3 is 2.55 bits per heavy atom. The number of carbonyl (C=O) groups is 1. The summed E-state index contributed by atoms with van der Waals surface area (Å²) in [5.41, 5.74) is 3.87. The summed E-state index contributed by atoms with van der Waals surface area (Å²) in [6, 6.07) is 24.8. The van der Waals surface area contributed by atoms with E-state index in [1.54, 1.807) is 12.1 Å². The average molecular weight is 400 g/mol. The van der Waals surface area contributed by atoms with Gasteiger partial charge in [0.25, 0.3) is 0 Å². The molecule has 4 nitrogen and oxygen atoms in total. The Bertz CT molecular complexity index is 1210. The number of carbonyl (C=O) groups excluding carboxylic acids is 1. The van der Waals surface area contributed by atoms with Gasteiger partial charge in [0.05, 0.1) is 10.6 Å². The maximum atomic E-state index is 12.9. The normalized spacial score (nSPS) is 11.7. The SMILES string of the molecule is N#Cc1cccc(C(CC(=O)Nc2ccccc2)c2c[nH]c3ccccc23)c1Cl. The van der Waals surface area contributed by atoms with Crippen molar-refractivity contribution in [3.05, 3.63) is 101 Å². The minimum Gasteiger partial charge on any atom is -0.361 e. The van der Waals surface area contributed by atoms with Gasteiger partial charge in [0.15, 0.2) is 0 Å². The molecule has 29 heavy (non-hydrogen) atoms. The first kappa shape index (κ1) is 18.8.